The van der Waals surface area contributed by atoms with E-state index in [0.717, 1.165) is 50.1 Å². The van der Waals surface area contributed by atoms with Crippen LogP contribution in [-0.2, 0) is 0 Å². The number of hydrogen-bond acceptors (Lipinski definition) is 7. The first kappa shape index (κ1) is 23.9. The van der Waals surface area contributed by atoms with Crippen molar-refractivity contribution in [3.63, 3.8) is 0 Å². The number of carbonyl (C=O) groups is 1. The predicted molar refractivity (Wildman–Crippen MR) is 142 cm³/mol. The Labute approximate surface area is 208 Å². The molecule has 2 atom stereocenters. The molecule has 1 saturated carbocycles. The van der Waals surface area contributed by atoms with Crippen LogP contribution in [-0.4, -0.2) is 54.6 Å². The number of nitrogens with one attached hydrogen (secondary N) is 2. The zero-order chi connectivity index (χ0) is 24.0. The number of rotatable bonds is 5. The third-order valence-electron chi connectivity index (χ3n) is 7.66. The van der Waals surface area contributed by atoms with Crippen molar-refractivity contribution < 1.29 is 4.79 Å². The maximum Gasteiger partial charge on any atom is 0.271 e. The van der Waals surface area contributed by atoms with Gasteiger partial charge in [-0.2, -0.15) is 0 Å². The normalized spacial score (nSPS) is 23.5. The fraction of sp³-hybridized carbons (Fsp3) is 0.593. The number of carbonyl (C=O) groups excluding carboxylic acids is 1. The van der Waals surface area contributed by atoms with Gasteiger partial charge in [0, 0.05) is 50.1 Å². The van der Waals surface area contributed by atoms with Gasteiger partial charge in [0.05, 0.1) is 6.20 Å². The molecular formula is C27H39N7O. The van der Waals surface area contributed by atoms with Crippen molar-refractivity contribution in [3.8, 4) is 0 Å². The van der Waals surface area contributed by atoms with Crippen molar-refractivity contribution in [2.75, 3.05) is 47.8 Å². The standard InChI is InChI=1S/C27H39N7O/c28-26(35)25-27(31-21-9-11-22(12-10-21)33-16-13-29-14-17-33)32-24(19-30-25)34-15-7-5-3-1-2-4-6-8-20-18-23(20)34/h9-12,19-20,23,29H,1-8,13-18H2,(H2,28,35)(H,31,32). The molecule has 2 aliphatic heterocycles. The molecule has 2 aromatic rings. The number of primary amides is 1. The van der Waals surface area contributed by atoms with E-state index in [2.05, 4.69) is 37.6 Å². The third-order valence-corrected chi connectivity index (χ3v) is 7.66. The van der Waals surface area contributed by atoms with Gasteiger partial charge in [0.1, 0.15) is 5.82 Å². The Morgan fingerprint density at radius 3 is 2.43 bits per heavy atom. The Morgan fingerprint density at radius 2 is 1.69 bits per heavy atom. The molecule has 2 unspecified atom stereocenters. The van der Waals surface area contributed by atoms with Crippen molar-refractivity contribution >= 4 is 28.9 Å². The second-order valence-electron chi connectivity index (χ2n) is 10.2. The highest BCUT2D eigenvalue weighted by molar-refractivity contribution is 5.96. The van der Waals surface area contributed by atoms with E-state index < -0.39 is 5.91 Å². The fourth-order valence-electron chi connectivity index (χ4n) is 5.55. The van der Waals surface area contributed by atoms with Crippen LogP contribution in [0.2, 0.25) is 0 Å². The summed E-state index contributed by atoms with van der Waals surface area (Å²) in [6, 6.07) is 8.82. The van der Waals surface area contributed by atoms with Crippen molar-refractivity contribution in [1.29, 1.82) is 0 Å². The molecule has 0 spiro atoms. The molecule has 1 amide bonds. The summed E-state index contributed by atoms with van der Waals surface area (Å²) in [6.07, 6.45) is 13.4. The van der Waals surface area contributed by atoms with Crippen LogP contribution < -0.4 is 26.2 Å². The first-order valence-corrected chi connectivity index (χ1v) is 13.5. The second kappa shape index (κ2) is 11.2. The van der Waals surface area contributed by atoms with E-state index in [-0.39, 0.29) is 5.69 Å². The molecule has 5 rings (SSSR count). The number of nitrogens with two attached hydrogens (primary N) is 1. The van der Waals surface area contributed by atoms with Crippen molar-refractivity contribution in [3.05, 3.63) is 36.2 Å². The monoisotopic (exact) mass is 477 g/mol. The van der Waals surface area contributed by atoms with E-state index in [4.69, 9.17) is 10.7 Å². The largest absolute Gasteiger partial charge is 0.369 e. The van der Waals surface area contributed by atoms with Crippen LogP contribution in [0.3, 0.4) is 0 Å². The van der Waals surface area contributed by atoms with Gasteiger partial charge in [-0.1, -0.05) is 38.5 Å². The lowest BCUT2D eigenvalue weighted by atomic mass is 10.1. The van der Waals surface area contributed by atoms with Crippen molar-refractivity contribution in [2.24, 2.45) is 11.7 Å². The molecule has 3 heterocycles. The summed E-state index contributed by atoms with van der Waals surface area (Å²) in [5.74, 6) is 1.47. The summed E-state index contributed by atoms with van der Waals surface area (Å²) in [5.41, 5.74) is 7.92. The lowest BCUT2D eigenvalue weighted by Crippen LogP contribution is -2.43. The van der Waals surface area contributed by atoms with Crippen LogP contribution in [0.1, 0.15) is 68.3 Å². The average molecular weight is 478 g/mol. The number of amides is 1. The Hall–Kier alpha value is -2.87. The molecule has 188 valence electrons. The summed E-state index contributed by atoms with van der Waals surface area (Å²) in [6.45, 7) is 5.00. The highest BCUT2D eigenvalue weighted by Gasteiger charge is 2.41. The minimum atomic E-state index is -0.568. The number of benzene rings is 1. The number of fused-ring (bicyclic) bond motifs is 1. The van der Waals surface area contributed by atoms with Gasteiger partial charge in [-0.05, 0) is 49.4 Å². The van der Waals surface area contributed by atoms with Gasteiger partial charge in [-0.15, -0.1) is 0 Å². The molecule has 4 N–H and O–H groups in total. The molecule has 8 heteroatoms. The molecule has 1 aromatic carbocycles. The van der Waals surface area contributed by atoms with Crippen molar-refractivity contribution in [1.82, 2.24) is 15.3 Å². The topological polar surface area (TPSA) is 99.4 Å². The maximum atomic E-state index is 12.1. The Balaban J connectivity index is 1.34. The summed E-state index contributed by atoms with van der Waals surface area (Å²) < 4.78 is 0. The summed E-state index contributed by atoms with van der Waals surface area (Å²) in [4.78, 5) is 26.3. The SMILES string of the molecule is NC(=O)c1ncc(N2CCCCCCCCCC3CC32)nc1Nc1ccc(N2CCNCC2)cc1. The van der Waals surface area contributed by atoms with Crippen LogP contribution in [0.15, 0.2) is 30.5 Å². The molecular weight excluding hydrogens is 438 g/mol. The van der Waals surface area contributed by atoms with Gasteiger partial charge in [-0.25, -0.2) is 9.97 Å². The molecule has 0 radical (unpaired) electrons. The summed E-state index contributed by atoms with van der Waals surface area (Å²) in [5, 5.41) is 6.71. The van der Waals surface area contributed by atoms with Gasteiger partial charge in [0.25, 0.3) is 5.91 Å². The highest BCUT2D eigenvalue weighted by atomic mass is 16.1. The third kappa shape index (κ3) is 6.04. The van der Waals surface area contributed by atoms with E-state index in [1.54, 1.807) is 6.20 Å². The Morgan fingerprint density at radius 1 is 0.971 bits per heavy atom. The van der Waals surface area contributed by atoms with E-state index in [0.29, 0.717) is 11.9 Å². The van der Waals surface area contributed by atoms with Crippen LogP contribution >= 0.6 is 0 Å². The zero-order valence-corrected chi connectivity index (χ0v) is 20.7. The minimum Gasteiger partial charge on any atom is -0.369 e. The van der Waals surface area contributed by atoms with Gasteiger partial charge >= 0.3 is 0 Å². The van der Waals surface area contributed by atoms with Crippen LogP contribution in [0.4, 0.5) is 23.0 Å². The van der Waals surface area contributed by atoms with E-state index in [9.17, 15) is 4.79 Å². The second-order valence-corrected chi connectivity index (χ2v) is 10.2. The average Bonchev–Trinajstić information content (AvgIpc) is 3.64. The lowest BCUT2D eigenvalue weighted by Gasteiger charge is -2.29. The molecule has 0 bridgehead atoms. The van der Waals surface area contributed by atoms with Crippen LogP contribution in [0.25, 0.3) is 0 Å². The minimum absolute atomic E-state index is 0.182. The smallest absolute Gasteiger partial charge is 0.271 e. The van der Waals surface area contributed by atoms with E-state index in [1.165, 1.54) is 63.5 Å². The number of anilines is 4. The molecule has 8 nitrogen and oxygen atoms in total. The van der Waals surface area contributed by atoms with Crippen molar-refractivity contribution in [2.45, 2.75) is 63.8 Å². The van der Waals surface area contributed by atoms with E-state index in [1.807, 2.05) is 12.1 Å². The van der Waals surface area contributed by atoms with Gasteiger partial charge in [0.15, 0.2) is 11.5 Å². The van der Waals surface area contributed by atoms with E-state index >= 15 is 0 Å². The van der Waals surface area contributed by atoms with Gasteiger partial charge < -0.3 is 26.2 Å². The summed E-state index contributed by atoms with van der Waals surface area (Å²) >= 11 is 0. The van der Waals surface area contributed by atoms with Gasteiger partial charge in [-0.3, -0.25) is 4.79 Å². The number of aromatic nitrogens is 2. The van der Waals surface area contributed by atoms with Gasteiger partial charge in [0.2, 0.25) is 0 Å². The highest BCUT2D eigenvalue weighted by Crippen LogP contribution is 2.42. The molecule has 2 saturated heterocycles. The van der Waals surface area contributed by atoms with Crippen LogP contribution in [0.5, 0.6) is 0 Å². The number of nitrogens with zero attached hydrogens (tertiary/aromatic N) is 4. The summed E-state index contributed by atoms with van der Waals surface area (Å²) in [7, 11) is 0. The lowest BCUT2D eigenvalue weighted by molar-refractivity contribution is 0.0996. The Bertz CT molecular complexity index is 990. The molecule has 3 fully saturated rings. The molecule has 3 aliphatic rings. The predicted octanol–water partition coefficient (Wildman–Crippen LogP) is 4.06. The fourth-order valence-corrected chi connectivity index (χ4v) is 5.55. The number of hydrogen-bond donors (Lipinski definition) is 3. The number of piperazine rings is 1. The molecule has 1 aliphatic carbocycles. The molecule has 1 aromatic heterocycles. The first-order chi connectivity index (χ1) is 17.2. The Kier molecular flexibility index (Phi) is 7.66. The zero-order valence-electron chi connectivity index (χ0n) is 20.7. The maximum absolute atomic E-state index is 12.1. The molecule has 35 heavy (non-hydrogen) atoms. The quantitative estimate of drug-likeness (QED) is 0.597. The van der Waals surface area contributed by atoms with Crippen LogP contribution in [0, 0.1) is 5.92 Å². The first-order valence-electron chi connectivity index (χ1n) is 13.5.